The van der Waals surface area contributed by atoms with Gasteiger partial charge in [-0.05, 0) is 48.2 Å². The van der Waals surface area contributed by atoms with Crippen molar-refractivity contribution in [3.05, 3.63) is 70.5 Å². The summed E-state index contributed by atoms with van der Waals surface area (Å²) in [6, 6.07) is 14.1. The average Bonchev–Trinajstić information content (AvgIpc) is 3.23. The van der Waals surface area contributed by atoms with Crippen molar-refractivity contribution in [3.63, 3.8) is 0 Å². The van der Waals surface area contributed by atoms with E-state index in [0.29, 0.717) is 31.3 Å². The van der Waals surface area contributed by atoms with Gasteiger partial charge in [0.05, 0.1) is 12.0 Å². The van der Waals surface area contributed by atoms with Gasteiger partial charge < -0.3 is 10.1 Å². The minimum atomic E-state index is -0.314. The number of ether oxygens (including phenoxy) is 1. The van der Waals surface area contributed by atoms with Crippen LogP contribution in [0.5, 0.6) is 0 Å². The Hall–Kier alpha value is -1.99. The molecule has 4 rings (SSSR count). The van der Waals surface area contributed by atoms with Crippen LogP contribution in [0, 0.1) is 11.7 Å². The fourth-order valence-corrected chi connectivity index (χ4v) is 4.39. The second kappa shape index (κ2) is 8.79. The number of carbonyl (C=O) groups is 1. The van der Waals surface area contributed by atoms with Crippen molar-refractivity contribution in [2.75, 3.05) is 26.3 Å². The van der Waals surface area contributed by atoms with Crippen LogP contribution in [0.3, 0.4) is 0 Å². The van der Waals surface area contributed by atoms with E-state index in [1.807, 2.05) is 30.3 Å². The molecular weight excluding hydrogens is 393 g/mol. The van der Waals surface area contributed by atoms with Gasteiger partial charge in [0.25, 0.3) is 0 Å². The lowest BCUT2D eigenvalue weighted by Gasteiger charge is -2.38. The number of carbonyl (C=O) groups excluding carboxylic acids is 1. The summed E-state index contributed by atoms with van der Waals surface area (Å²) in [5, 5.41) is 3.81. The van der Waals surface area contributed by atoms with E-state index in [1.165, 1.54) is 6.07 Å². The second-order valence-electron chi connectivity index (χ2n) is 7.78. The fraction of sp³-hybridized carbons (Fsp3) is 0.409. The van der Waals surface area contributed by atoms with Crippen LogP contribution in [0.2, 0.25) is 5.02 Å². The molecule has 0 bridgehead atoms. The van der Waals surface area contributed by atoms with E-state index in [-0.39, 0.29) is 29.1 Å². The zero-order valence-corrected chi connectivity index (χ0v) is 16.8. The van der Waals surface area contributed by atoms with Gasteiger partial charge in [-0.3, -0.25) is 10.2 Å². The zero-order chi connectivity index (χ0) is 20.3. The van der Waals surface area contributed by atoms with Crippen molar-refractivity contribution in [1.82, 2.24) is 16.2 Å². The lowest BCUT2D eigenvalue weighted by atomic mass is 9.74. The molecule has 2 atom stereocenters. The molecule has 0 spiro atoms. The molecule has 2 aromatic rings. The molecule has 0 aliphatic carbocycles. The van der Waals surface area contributed by atoms with Crippen LogP contribution in [0.1, 0.15) is 30.0 Å². The Balaban J connectivity index is 1.48. The van der Waals surface area contributed by atoms with Crippen LogP contribution in [0.25, 0.3) is 0 Å². The Kier molecular flexibility index (Phi) is 6.15. The van der Waals surface area contributed by atoms with Crippen LogP contribution < -0.4 is 16.2 Å². The zero-order valence-electron chi connectivity index (χ0n) is 16.1. The first-order valence-corrected chi connectivity index (χ1v) is 10.3. The van der Waals surface area contributed by atoms with Gasteiger partial charge in [-0.2, -0.15) is 0 Å². The summed E-state index contributed by atoms with van der Waals surface area (Å²) in [7, 11) is 0. The van der Waals surface area contributed by atoms with Crippen molar-refractivity contribution in [2.45, 2.75) is 24.3 Å². The smallest absolute Gasteiger partial charge is 0.226 e. The fourth-order valence-electron chi connectivity index (χ4n) is 4.26. The first-order chi connectivity index (χ1) is 14.1. The lowest BCUT2D eigenvalue weighted by Crippen LogP contribution is -2.47. The molecule has 2 aliphatic rings. The summed E-state index contributed by atoms with van der Waals surface area (Å²) >= 11 is 5.99. The van der Waals surface area contributed by atoms with Crippen LogP contribution in [-0.2, 0) is 14.9 Å². The molecule has 1 amide bonds. The summed E-state index contributed by atoms with van der Waals surface area (Å²) < 4.78 is 19.4. The van der Waals surface area contributed by atoms with E-state index in [9.17, 15) is 9.18 Å². The third-order valence-electron chi connectivity index (χ3n) is 6.04. The minimum Gasteiger partial charge on any atom is -0.381 e. The topological polar surface area (TPSA) is 62.4 Å². The van der Waals surface area contributed by atoms with Crippen molar-refractivity contribution in [2.24, 2.45) is 5.92 Å². The maximum absolute atomic E-state index is 13.9. The number of amides is 1. The Labute approximate surface area is 174 Å². The van der Waals surface area contributed by atoms with Crippen molar-refractivity contribution >= 4 is 17.5 Å². The van der Waals surface area contributed by atoms with Crippen LogP contribution in [0.15, 0.2) is 48.5 Å². The van der Waals surface area contributed by atoms with Crippen LogP contribution in [0.4, 0.5) is 4.39 Å². The highest BCUT2D eigenvalue weighted by molar-refractivity contribution is 6.30. The van der Waals surface area contributed by atoms with Gasteiger partial charge in [-0.1, -0.05) is 35.9 Å². The Morgan fingerprint density at radius 3 is 2.69 bits per heavy atom. The molecule has 2 aromatic carbocycles. The maximum atomic E-state index is 13.9. The normalized spacial score (nSPS) is 23.7. The SMILES string of the molecule is O=C(NCC1(c2cccc(F)c2)CCOCC1)C1CNNC1c1ccc(Cl)cc1. The first-order valence-electron chi connectivity index (χ1n) is 9.93. The molecule has 29 heavy (non-hydrogen) atoms. The number of halogens is 2. The van der Waals surface area contributed by atoms with E-state index >= 15 is 0 Å². The quantitative estimate of drug-likeness (QED) is 0.699. The lowest BCUT2D eigenvalue weighted by molar-refractivity contribution is -0.125. The Bertz CT molecular complexity index is 855. The van der Waals surface area contributed by atoms with Crippen molar-refractivity contribution in [3.8, 4) is 0 Å². The van der Waals surface area contributed by atoms with Crippen molar-refractivity contribution in [1.29, 1.82) is 0 Å². The molecule has 5 nitrogen and oxygen atoms in total. The summed E-state index contributed by atoms with van der Waals surface area (Å²) in [6.45, 7) is 2.20. The molecule has 154 valence electrons. The minimum absolute atomic E-state index is 0.0234. The summed E-state index contributed by atoms with van der Waals surface area (Å²) in [5.74, 6) is -0.531. The average molecular weight is 418 g/mol. The molecule has 2 heterocycles. The van der Waals surface area contributed by atoms with Crippen LogP contribution >= 0.6 is 11.6 Å². The highest BCUT2D eigenvalue weighted by atomic mass is 35.5. The maximum Gasteiger partial charge on any atom is 0.226 e. The van der Waals surface area contributed by atoms with Gasteiger partial charge in [0, 0.05) is 36.7 Å². The van der Waals surface area contributed by atoms with Gasteiger partial charge in [-0.15, -0.1) is 0 Å². The number of rotatable bonds is 5. The molecule has 2 unspecified atom stereocenters. The molecule has 2 saturated heterocycles. The molecule has 0 saturated carbocycles. The van der Waals surface area contributed by atoms with Gasteiger partial charge in [0.15, 0.2) is 0 Å². The standard InChI is InChI=1S/C22H25ClFN3O2/c23-17-6-4-15(5-7-17)20-19(13-26-27-20)21(28)25-14-22(8-10-29-11-9-22)16-2-1-3-18(24)12-16/h1-7,12,19-20,26-27H,8-11,13-14H2,(H,25,28). The summed E-state index contributed by atoms with van der Waals surface area (Å²) in [4.78, 5) is 13.1. The van der Waals surface area contributed by atoms with Gasteiger partial charge >= 0.3 is 0 Å². The molecule has 2 fully saturated rings. The predicted octanol–water partition coefficient (Wildman–Crippen LogP) is 3.11. The summed E-state index contributed by atoms with van der Waals surface area (Å²) in [6.07, 6.45) is 1.50. The Morgan fingerprint density at radius 2 is 1.97 bits per heavy atom. The third kappa shape index (κ3) is 4.46. The van der Waals surface area contributed by atoms with E-state index in [1.54, 1.807) is 12.1 Å². The number of benzene rings is 2. The largest absolute Gasteiger partial charge is 0.381 e. The van der Waals surface area contributed by atoms with E-state index in [0.717, 1.165) is 24.0 Å². The molecule has 0 aromatic heterocycles. The van der Waals surface area contributed by atoms with Gasteiger partial charge in [0.1, 0.15) is 5.82 Å². The Morgan fingerprint density at radius 1 is 1.21 bits per heavy atom. The van der Waals surface area contributed by atoms with Gasteiger partial charge in [0.2, 0.25) is 5.91 Å². The highest BCUT2D eigenvalue weighted by Crippen LogP contribution is 2.35. The molecule has 3 N–H and O–H groups in total. The van der Waals surface area contributed by atoms with Crippen molar-refractivity contribution < 1.29 is 13.9 Å². The number of hydrazine groups is 1. The highest BCUT2D eigenvalue weighted by Gasteiger charge is 2.38. The van der Waals surface area contributed by atoms with Crippen LogP contribution in [-0.4, -0.2) is 32.2 Å². The first kappa shape index (κ1) is 20.3. The molecule has 7 heteroatoms. The summed E-state index contributed by atoms with van der Waals surface area (Å²) in [5.41, 5.74) is 7.88. The number of nitrogens with one attached hydrogen (secondary N) is 3. The molecular formula is C22H25ClFN3O2. The second-order valence-corrected chi connectivity index (χ2v) is 8.22. The number of hydrogen-bond donors (Lipinski definition) is 3. The predicted molar refractivity (Wildman–Crippen MR) is 110 cm³/mol. The van der Waals surface area contributed by atoms with Gasteiger partial charge in [-0.25, -0.2) is 9.82 Å². The molecule has 2 aliphatic heterocycles. The van der Waals surface area contributed by atoms with E-state index < -0.39 is 0 Å². The molecule has 0 radical (unpaired) electrons. The third-order valence-corrected chi connectivity index (χ3v) is 6.29. The van der Waals surface area contributed by atoms with E-state index in [4.69, 9.17) is 16.3 Å². The number of hydrogen-bond acceptors (Lipinski definition) is 4. The monoisotopic (exact) mass is 417 g/mol. The van der Waals surface area contributed by atoms with E-state index in [2.05, 4.69) is 16.2 Å².